The molecule has 232 valence electrons. The van der Waals surface area contributed by atoms with Crippen molar-refractivity contribution in [1.29, 1.82) is 0 Å². The Bertz CT molecular complexity index is 1440. The zero-order valence-corrected chi connectivity index (χ0v) is 25.1. The van der Waals surface area contributed by atoms with Gasteiger partial charge in [-0.3, -0.25) is 4.79 Å². The molecule has 0 spiro atoms. The topological polar surface area (TPSA) is 134 Å². The number of piperazine rings is 1. The third kappa shape index (κ3) is 7.24. The SMILES string of the molecule is C[C@H]1COCCN1c1nc(OC2CCOC2)nc(-c2ccc(NC(=O)Nc3ccc(C(=O)N4CCN(C)CC4)cc3)cc2)n1. The normalized spacial score (nSPS) is 20.8. The molecule has 1 unspecified atom stereocenters. The van der Waals surface area contributed by atoms with Gasteiger partial charge in [0.15, 0.2) is 5.82 Å². The minimum atomic E-state index is -0.394. The molecular formula is C31H38N8O5. The summed E-state index contributed by atoms with van der Waals surface area (Å²) in [5.41, 5.74) is 2.55. The highest BCUT2D eigenvalue weighted by atomic mass is 16.6. The smallest absolute Gasteiger partial charge is 0.323 e. The summed E-state index contributed by atoms with van der Waals surface area (Å²) in [6, 6.07) is 14.2. The van der Waals surface area contributed by atoms with E-state index in [4.69, 9.17) is 19.2 Å². The Kier molecular flexibility index (Phi) is 9.15. The maximum atomic E-state index is 12.8. The predicted octanol–water partition coefficient (Wildman–Crippen LogP) is 2.96. The monoisotopic (exact) mass is 602 g/mol. The number of nitrogens with one attached hydrogen (secondary N) is 2. The molecule has 3 aromatic rings. The first-order valence-electron chi connectivity index (χ1n) is 15.0. The van der Waals surface area contributed by atoms with E-state index in [9.17, 15) is 9.59 Å². The largest absolute Gasteiger partial charge is 0.457 e. The van der Waals surface area contributed by atoms with Gasteiger partial charge in [-0.15, -0.1) is 0 Å². The van der Waals surface area contributed by atoms with Gasteiger partial charge < -0.3 is 39.5 Å². The number of hydrogen-bond donors (Lipinski definition) is 2. The van der Waals surface area contributed by atoms with Gasteiger partial charge in [0.1, 0.15) is 6.10 Å². The van der Waals surface area contributed by atoms with Crippen molar-refractivity contribution >= 4 is 29.3 Å². The maximum Gasteiger partial charge on any atom is 0.323 e. The number of aromatic nitrogens is 3. The van der Waals surface area contributed by atoms with E-state index in [1.807, 2.05) is 17.0 Å². The summed E-state index contributed by atoms with van der Waals surface area (Å²) in [5.74, 6) is 1.02. The van der Waals surface area contributed by atoms with E-state index >= 15 is 0 Å². The van der Waals surface area contributed by atoms with Crippen LogP contribution in [-0.4, -0.2) is 115 Å². The first-order chi connectivity index (χ1) is 21.4. The van der Waals surface area contributed by atoms with Crippen molar-refractivity contribution in [3.8, 4) is 17.4 Å². The molecule has 0 bridgehead atoms. The molecule has 0 aliphatic carbocycles. The molecule has 2 aromatic carbocycles. The number of likely N-dealkylation sites (N-methyl/N-ethyl adjacent to an activating group) is 1. The van der Waals surface area contributed by atoms with Crippen LogP contribution in [0.4, 0.5) is 22.1 Å². The molecule has 3 amide bonds. The fourth-order valence-electron chi connectivity index (χ4n) is 5.32. The number of anilines is 3. The van der Waals surface area contributed by atoms with Gasteiger partial charge in [0.2, 0.25) is 5.95 Å². The van der Waals surface area contributed by atoms with Gasteiger partial charge in [-0.25, -0.2) is 4.79 Å². The Hall–Kier alpha value is -4.33. The van der Waals surface area contributed by atoms with Crippen molar-refractivity contribution in [3.63, 3.8) is 0 Å². The summed E-state index contributed by atoms with van der Waals surface area (Å²) < 4.78 is 17.1. The zero-order chi connectivity index (χ0) is 30.5. The van der Waals surface area contributed by atoms with Crippen LogP contribution >= 0.6 is 0 Å². The van der Waals surface area contributed by atoms with E-state index in [0.717, 1.165) is 25.1 Å². The highest BCUT2D eigenvalue weighted by Gasteiger charge is 2.25. The molecule has 2 atom stereocenters. The summed E-state index contributed by atoms with van der Waals surface area (Å²) in [6.45, 7) is 8.24. The number of benzene rings is 2. The lowest BCUT2D eigenvalue weighted by atomic mass is 10.1. The number of hydrogen-bond acceptors (Lipinski definition) is 10. The first-order valence-corrected chi connectivity index (χ1v) is 15.0. The maximum absolute atomic E-state index is 12.8. The number of amides is 3. The zero-order valence-electron chi connectivity index (χ0n) is 25.1. The van der Waals surface area contributed by atoms with Crippen molar-refractivity contribution in [3.05, 3.63) is 54.1 Å². The molecule has 3 aliphatic rings. The van der Waals surface area contributed by atoms with Gasteiger partial charge in [0, 0.05) is 61.6 Å². The van der Waals surface area contributed by atoms with Gasteiger partial charge in [-0.05, 0) is 62.5 Å². The van der Waals surface area contributed by atoms with Crippen LogP contribution < -0.4 is 20.3 Å². The fraction of sp³-hybridized carbons (Fsp3) is 0.452. The second-order valence-corrected chi connectivity index (χ2v) is 11.3. The third-order valence-electron chi connectivity index (χ3n) is 7.97. The van der Waals surface area contributed by atoms with E-state index in [2.05, 4.69) is 44.4 Å². The molecule has 3 saturated heterocycles. The molecular weight excluding hydrogens is 564 g/mol. The van der Waals surface area contributed by atoms with Crippen LogP contribution in [0.3, 0.4) is 0 Å². The first kappa shape index (κ1) is 29.7. The molecule has 3 aliphatic heterocycles. The van der Waals surface area contributed by atoms with Gasteiger partial charge >= 0.3 is 12.0 Å². The second kappa shape index (κ2) is 13.5. The lowest BCUT2D eigenvalue weighted by Crippen LogP contribution is -2.47. The van der Waals surface area contributed by atoms with Crippen LogP contribution in [0.25, 0.3) is 11.4 Å². The third-order valence-corrected chi connectivity index (χ3v) is 7.97. The molecule has 0 radical (unpaired) electrons. The van der Waals surface area contributed by atoms with E-state index in [1.165, 1.54) is 0 Å². The van der Waals surface area contributed by atoms with Gasteiger partial charge in [-0.1, -0.05) is 0 Å². The average Bonchev–Trinajstić information content (AvgIpc) is 3.55. The molecule has 2 N–H and O–H groups in total. The number of carbonyl (C=O) groups excluding carboxylic acids is 2. The lowest BCUT2D eigenvalue weighted by Gasteiger charge is -2.33. The molecule has 44 heavy (non-hydrogen) atoms. The van der Waals surface area contributed by atoms with Crippen molar-refractivity contribution in [2.75, 3.05) is 81.7 Å². The van der Waals surface area contributed by atoms with Crippen LogP contribution in [0.2, 0.25) is 0 Å². The summed E-state index contributed by atoms with van der Waals surface area (Å²) in [5, 5.41) is 5.67. The van der Waals surface area contributed by atoms with Gasteiger partial charge in [-0.2, -0.15) is 15.0 Å². The molecule has 13 nitrogen and oxygen atoms in total. The van der Waals surface area contributed by atoms with Crippen LogP contribution in [-0.2, 0) is 9.47 Å². The Morgan fingerprint density at radius 2 is 1.52 bits per heavy atom. The highest BCUT2D eigenvalue weighted by molar-refractivity contribution is 6.00. The van der Waals surface area contributed by atoms with E-state index in [-0.39, 0.29) is 24.1 Å². The standard InChI is InChI=1S/C31H38N8O5/c1-21-19-43-18-16-39(21)29-34-27(35-31(36-29)44-26-11-17-42-20-26)22-3-7-24(8-4-22)32-30(41)33-25-9-5-23(6-10-25)28(40)38-14-12-37(2)13-15-38/h3-10,21,26H,11-20H2,1-2H3,(H2,32,33,41)/t21-,26?/m0/s1. The summed E-state index contributed by atoms with van der Waals surface area (Å²) in [4.78, 5) is 45.7. The minimum Gasteiger partial charge on any atom is -0.457 e. The second-order valence-electron chi connectivity index (χ2n) is 11.3. The highest BCUT2D eigenvalue weighted by Crippen LogP contribution is 2.25. The minimum absolute atomic E-state index is 0.00480. The number of rotatable bonds is 7. The molecule has 6 rings (SSSR count). The Balaban J connectivity index is 1.10. The Labute approximate surface area is 256 Å². The number of ether oxygens (including phenoxy) is 3. The quantitative estimate of drug-likeness (QED) is 0.416. The number of morpholine rings is 1. The van der Waals surface area contributed by atoms with Crippen molar-refractivity contribution in [2.24, 2.45) is 0 Å². The Morgan fingerprint density at radius 3 is 2.18 bits per heavy atom. The molecule has 3 fully saturated rings. The molecule has 1 aromatic heterocycles. The average molecular weight is 603 g/mol. The van der Waals surface area contributed by atoms with E-state index in [1.54, 1.807) is 36.4 Å². The van der Waals surface area contributed by atoms with Crippen LogP contribution in [0.15, 0.2) is 48.5 Å². The van der Waals surface area contributed by atoms with Crippen molar-refractivity contribution in [1.82, 2.24) is 24.8 Å². The fourth-order valence-corrected chi connectivity index (χ4v) is 5.32. The molecule has 13 heteroatoms. The van der Waals surface area contributed by atoms with E-state index in [0.29, 0.717) is 74.8 Å². The van der Waals surface area contributed by atoms with Gasteiger partial charge in [0.25, 0.3) is 5.91 Å². The van der Waals surface area contributed by atoms with E-state index < -0.39 is 6.03 Å². The van der Waals surface area contributed by atoms with Gasteiger partial charge in [0.05, 0.1) is 32.5 Å². The number of urea groups is 1. The van der Waals surface area contributed by atoms with Crippen LogP contribution in [0.5, 0.6) is 6.01 Å². The predicted molar refractivity (Wildman–Crippen MR) is 165 cm³/mol. The van der Waals surface area contributed by atoms with Crippen molar-refractivity contribution in [2.45, 2.75) is 25.5 Å². The van der Waals surface area contributed by atoms with Crippen molar-refractivity contribution < 1.29 is 23.8 Å². The Morgan fingerprint density at radius 1 is 0.841 bits per heavy atom. The summed E-state index contributed by atoms with van der Waals surface area (Å²) in [7, 11) is 2.05. The summed E-state index contributed by atoms with van der Waals surface area (Å²) >= 11 is 0. The number of carbonyl (C=O) groups is 2. The molecule has 0 saturated carbocycles. The van der Waals surface area contributed by atoms with Crippen LogP contribution in [0.1, 0.15) is 23.7 Å². The van der Waals surface area contributed by atoms with Crippen LogP contribution in [0, 0.1) is 0 Å². The lowest BCUT2D eigenvalue weighted by molar-refractivity contribution is 0.0664. The number of nitrogens with zero attached hydrogens (tertiary/aromatic N) is 6. The molecule has 4 heterocycles. The summed E-state index contributed by atoms with van der Waals surface area (Å²) in [6.07, 6.45) is 0.685.